The maximum Gasteiger partial charge on any atom is 0.323 e. The second-order valence-electron chi connectivity index (χ2n) is 5.17. The summed E-state index contributed by atoms with van der Waals surface area (Å²) in [5.41, 5.74) is 3.85. The number of aromatic amines is 2. The summed E-state index contributed by atoms with van der Waals surface area (Å²) in [5, 5.41) is 0. The van der Waals surface area contributed by atoms with Crippen molar-refractivity contribution in [1.29, 1.82) is 0 Å². The zero-order valence-electron chi connectivity index (χ0n) is 11.2. The molecule has 2 N–H and O–H groups in total. The van der Waals surface area contributed by atoms with Crippen molar-refractivity contribution in [3.8, 4) is 0 Å². The number of hydrogen-bond acceptors (Lipinski definition) is 2. The number of aromatic nitrogens is 2. The first-order chi connectivity index (χ1) is 10.2. The molecule has 104 valence electrons. The molecule has 0 aliphatic carbocycles. The lowest BCUT2D eigenvalue weighted by atomic mass is 10.1. The molecule has 0 atom stereocenters. The van der Waals surface area contributed by atoms with Crippen molar-refractivity contribution in [3.05, 3.63) is 64.1 Å². The van der Waals surface area contributed by atoms with Crippen LogP contribution in [0, 0.1) is 0 Å². The van der Waals surface area contributed by atoms with Crippen LogP contribution in [0.1, 0.15) is 15.9 Å². The second-order valence-corrected chi connectivity index (χ2v) is 5.17. The Morgan fingerprint density at radius 1 is 1.05 bits per heavy atom. The van der Waals surface area contributed by atoms with Gasteiger partial charge in [0, 0.05) is 17.8 Å². The average Bonchev–Trinajstić information content (AvgIpc) is 3.07. The van der Waals surface area contributed by atoms with E-state index in [9.17, 15) is 9.59 Å². The minimum Gasteiger partial charge on any atom is -0.308 e. The molecule has 2 aromatic carbocycles. The van der Waals surface area contributed by atoms with Crippen LogP contribution in [-0.2, 0) is 6.42 Å². The van der Waals surface area contributed by atoms with Crippen LogP contribution in [0.25, 0.3) is 11.0 Å². The summed E-state index contributed by atoms with van der Waals surface area (Å²) in [5.74, 6) is -0.0381. The standard InChI is InChI=1S/C16H13N3O2/c20-15(19-8-7-10-3-1-2-4-14(10)19)11-5-6-12-13(9-11)18-16(21)17-12/h1-6,9H,7-8H2,(H2,17,18,21). The predicted octanol–water partition coefficient (Wildman–Crippen LogP) is 2.06. The molecular formula is C16H13N3O2. The monoisotopic (exact) mass is 279 g/mol. The van der Waals surface area contributed by atoms with Gasteiger partial charge in [0.25, 0.3) is 5.91 Å². The number of para-hydroxylation sites is 1. The van der Waals surface area contributed by atoms with Gasteiger partial charge in [-0.1, -0.05) is 18.2 Å². The van der Waals surface area contributed by atoms with Gasteiger partial charge in [0.15, 0.2) is 0 Å². The van der Waals surface area contributed by atoms with Crippen molar-refractivity contribution < 1.29 is 4.79 Å². The van der Waals surface area contributed by atoms with Crippen molar-refractivity contribution >= 4 is 22.6 Å². The molecule has 0 fully saturated rings. The van der Waals surface area contributed by atoms with Gasteiger partial charge in [0.2, 0.25) is 0 Å². The summed E-state index contributed by atoms with van der Waals surface area (Å²) in [6, 6.07) is 13.2. The third kappa shape index (κ3) is 1.86. The Hall–Kier alpha value is -2.82. The Morgan fingerprint density at radius 2 is 1.86 bits per heavy atom. The molecule has 0 saturated carbocycles. The molecule has 0 spiro atoms. The molecule has 5 heteroatoms. The number of benzene rings is 2. The zero-order chi connectivity index (χ0) is 14.4. The number of nitrogens with zero attached hydrogens (tertiary/aromatic N) is 1. The van der Waals surface area contributed by atoms with E-state index in [0.717, 1.165) is 12.1 Å². The highest BCUT2D eigenvalue weighted by molar-refractivity contribution is 6.08. The number of fused-ring (bicyclic) bond motifs is 2. The zero-order valence-corrected chi connectivity index (χ0v) is 11.2. The van der Waals surface area contributed by atoms with Gasteiger partial charge in [-0.25, -0.2) is 4.79 Å². The molecule has 0 unspecified atom stereocenters. The smallest absolute Gasteiger partial charge is 0.308 e. The minimum atomic E-state index is -0.263. The Balaban J connectivity index is 1.75. The summed E-state index contributed by atoms with van der Waals surface area (Å²) in [4.78, 5) is 31.1. The molecule has 0 radical (unpaired) electrons. The maximum absolute atomic E-state index is 12.7. The van der Waals surface area contributed by atoms with E-state index in [2.05, 4.69) is 16.0 Å². The normalized spacial score (nSPS) is 13.6. The van der Waals surface area contributed by atoms with E-state index in [-0.39, 0.29) is 11.6 Å². The molecule has 0 saturated heterocycles. The number of carbonyl (C=O) groups excluding carboxylic acids is 1. The molecule has 1 aliphatic rings. The fourth-order valence-electron chi connectivity index (χ4n) is 2.87. The largest absolute Gasteiger partial charge is 0.323 e. The summed E-state index contributed by atoms with van der Waals surface area (Å²) >= 11 is 0. The fraction of sp³-hybridized carbons (Fsp3) is 0.125. The molecule has 21 heavy (non-hydrogen) atoms. The number of nitrogens with one attached hydrogen (secondary N) is 2. The molecule has 3 aromatic rings. The van der Waals surface area contributed by atoms with Gasteiger partial charge in [-0.15, -0.1) is 0 Å². The van der Waals surface area contributed by atoms with Crippen LogP contribution in [0.15, 0.2) is 47.3 Å². The Morgan fingerprint density at radius 3 is 2.76 bits per heavy atom. The van der Waals surface area contributed by atoms with Crippen LogP contribution in [-0.4, -0.2) is 22.4 Å². The molecule has 2 heterocycles. The Labute approximate surface area is 120 Å². The van der Waals surface area contributed by atoms with Gasteiger partial charge in [-0.3, -0.25) is 4.79 Å². The van der Waals surface area contributed by atoms with Gasteiger partial charge in [0.1, 0.15) is 0 Å². The number of imidazole rings is 1. The van der Waals surface area contributed by atoms with E-state index >= 15 is 0 Å². The predicted molar refractivity (Wildman–Crippen MR) is 80.7 cm³/mol. The number of rotatable bonds is 1. The van der Waals surface area contributed by atoms with Crippen LogP contribution >= 0.6 is 0 Å². The Kier molecular flexibility index (Phi) is 2.47. The van der Waals surface area contributed by atoms with E-state index in [4.69, 9.17) is 0 Å². The van der Waals surface area contributed by atoms with Crippen LogP contribution in [0.3, 0.4) is 0 Å². The van der Waals surface area contributed by atoms with Crippen LogP contribution in [0.4, 0.5) is 5.69 Å². The van der Waals surface area contributed by atoms with Crippen LogP contribution in [0.5, 0.6) is 0 Å². The summed E-state index contributed by atoms with van der Waals surface area (Å²) in [7, 11) is 0. The highest BCUT2D eigenvalue weighted by atomic mass is 16.2. The lowest BCUT2D eigenvalue weighted by Crippen LogP contribution is -2.28. The highest BCUT2D eigenvalue weighted by Crippen LogP contribution is 2.29. The van der Waals surface area contributed by atoms with Crippen molar-refractivity contribution in [2.24, 2.45) is 0 Å². The first-order valence-corrected chi connectivity index (χ1v) is 6.84. The first-order valence-electron chi connectivity index (χ1n) is 6.84. The number of hydrogen-bond donors (Lipinski definition) is 2. The van der Waals surface area contributed by atoms with Gasteiger partial charge in [0.05, 0.1) is 11.0 Å². The number of H-pyrrole nitrogens is 2. The summed E-state index contributed by atoms with van der Waals surface area (Å²) in [6.07, 6.45) is 0.880. The second kappa shape index (κ2) is 4.34. The van der Waals surface area contributed by atoms with E-state index in [1.54, 1.807) is 23.1 Å². The van der Waals surface area contributed by atoms with E-state index in [1.165, 1.54) is 5.56 Å². The molecule has 1 amide bonds. The fourth-order valence-corrected chi connectivity index (χ4v) is 2.87. The van der Waals surface area contributed by atoms with Crippen molar-refractivity contribution in [2.45, 2.75) is 6.42 Å². The minimum absolute atomic E-state index is 0.0381. The topological polar surface area (TPSA) is 69.0 Å². The van der Waals surface area contributed by atoms with Crippen LogP contribution < -0.4 is 10.6 Å². The first kappa shape index (κ1) is 12.0. The molecule has 1 aromatic heterocycles. The highest BCUT2D eigenvalue weighted by Gasteiger charge is 2.25. The maximum atomic E-state index is 12.7. The average molecular weight is 279 g/mol. The third-order valence-corrected chi connectivity index (χ3v) is 3.90. The number of anilines is 1. The molecule has 4 rings (SSSR count). The molecule has 5 nitrogen and oxygen atoms in total. The van der Waals surface area contributed by atoms with Crippen molar-refractivity contribution in [2.75, 3.05) is 11.4 Å². The molecular weight excluding hydrogens is 266 g/mol. The summed E-state index contributed by atoms with van der Waals surface area (Å²) < 4.78 is 0. The van der Waals surface area contributed by atoms with Crippen molar-refractivity contribution in [3.63, 3.8) is 0 Å². The van der Waals surface area contributed by atoms with Gasteiger partial charge < -0.3 is 14.9 Å². The number of carbonyl (C=O) groups is 1. The number of amides is 1. The lowest BCUT2D eigenvalue weighted by Gasteiger charge is -2.17. The molecule has 0 bridgehead atoms. The summed E-state index contributed by atoms with van der Waals surface area (Å²) in [6.45, 7) is 0.694. The lowest BCUT2D eigenvalue weighted by molar-refractivity contribution is 0.0989. The van der Waals surface area contributed by atoms with E-state index in [0.29, 0.717) is 23.1 Å². The van der Waals surface area contributed by atoms with Gasteiger partial charge in [-0.2, -0.15) is 0 Å². The quantitative estimate of drug-likeness (QED) is 0.716. The van der Waals surface area contributed by atoms with E-state index in [1.807, 2.05) is 18.2 Å². The van der Waals surface area contributed by atoms with Gasteiger partial charge >= 0.3 is 5.69 Å². The Bertz CT molecular complexity index is 907. The van der Waals surface area contributed by atoms with Crippen molar-refractivity contribution in [1.82, 2.24) is 9.97 Å². The SMILES string of the molecule is O=C(c1ccc2[nH]c(=O)[nH]c2c1)N1CCc2ccccc21. The van der Waals surface area contributed by atoms with Crippen LogP contribution in [0.2, 0.25) is 0 Å². The molecule has 1 aliphatic heterocycles. The third-order valence-electron chi connectivity index (χ3n) is 3.90. The van der Waals surface area contributed by atoms with Gasteiger partial charge in [-0.05, 0) is 36.2 Å². The van der Waals surface area contributed by atoms with E-state index < -0.39 is 0 Å².